The van der Waals surface area contributed by atoms with Gasteiger partial charge in [-0.15, -0.1) is 12.4 Å². The molecule has 1 atom stereocenters. The zero-order chi connectivity index (χ0) is 10.8. The molecule has 0 bridgehead atoms. The number of amides is 2. The summed E-state index contributed by atoms with van der Waals surface area (Å²) in [5.74, 6) is -0.314. The van der Waals surface area contributed by atoms with Crippen molar-refractivity contribution in [3.05, 3.63) is 0 Å². The molecule has 1 aliphatic heterocycles. The summed E-state index contributed by atoms with van der Waals surface area (Å²) in [4.78, 5) is 22.4. The summed E-state index contributed by atoms with van der Waals surface area (Å²) >= 11 is 0. The van der Waals surface area contributed by atoms with Gasteiger partial charge in [0.05, 0.1) is 6.04 Å². The van der Waals surface area contributed by atoms with Crippen LogP contribution < -0.4 is 10.6 Å². The van der Waals surface area contributed by atoms with Crippen molar-refractivity contribution in [3.8, 4) is 0 Å². The minimum atomic E-state index is -0.684. The Morgan fingerprint density at radius 3 is 2.27 bits per heavy atom. The van der Waals surface area contributed by atoms with Gasteiger partial charge in [-0.05, 0) is 33.7 Å². The van der Waals surface area contributed by atoms with E-state index in [9.17, 15) is 9.59 Å². The van der Waals surface area contributed by atoms with Gasteiger partial charge in [0, 0.05) is 0 Å². The first-order valence-corrected chi connectivity index (χ1v) is 4.66. The molecule has 0 spiro atoms. The van der Waals surface area contributed by atoms with Gasteiger partial charge >= 0.3 is 6.09 Å². The van der Waals surface area contributed by atoms with Crippen molar-refractivity contribution in [1.29, 1.82) is 0 Å². The van der Waals surface area contributed by atoms with E-state index in [1.807, 2.05) is 0 Å². The molecule has 1 heterocycles. The number of carbonyl (C=O) groups excluding carboxylic acids is 2. The van der Waals surface area contributed by atoms with Crippen molar-refractivity contribution in [2.75, 3.05) is 6.54 Å². The van der Waals surface area contributed by atoms with Crippen molar-refractivity contribution in [2.24, 2.45) is 0 Å². The van der Waals surface area contributed by atoms with E-state index < -0.39 is 11.7 Å². The maximum absolute atomic E-state index is 11.2. The first-order valence-electron chi connectivity index (χ1n) is 4.66. The molecular weight excluding hydrogens is 220 g/mol. The van der Waals surface area contributed by atoms with Crippen molar-refractivity contribution in [3.63, 3.8) is 0 Å². The van der Waals surface area contributed by atoms with Gasteiger partial charge in [0.25, 0.3) is 0 Å². The summed E-state index contributed by atoms with van der Waals surface area (Å²) in [6.45, 7) is 6.07. The van der Waals surface area contributed by atoms with E-state index in [2.05, 4.69) is 10.6 Å². The average Bonchev–Trinajstić information content (AvgIpc) is 1.75. The lowest BCUT2D eigenvalue weighted by Crippen LogP contribution is -2.54. The summed E-state index contributed by atoms with van der Waals surface area (Å²) in [6.07, 6.45) is 0.0884. The summed E-state index contributed by atoms with van der Waals surface area (Å²) in [5.41, 5.74) is -0.572. The number of halogens is 1. The Labute approximate surface area is 95.3 Å². The standard InChI is InChI=1S/C9H16N2O3.ClH/c1-9(2,3)14-8(13)11-7(12)6-4-5-10-6;/h6,10H,4-5H2,1-3H3,(H,11,12,13);1H/t6-;/m0./s1. The number of rotatable bonds is 1. The number of carbonyl (C=O) groups is 2. The SMILES string of the molecule is CC(C)(C)OC(=O)NC(=O)[C@@H]1CCN1.Cl. The molecule has 15 heavy (non-hydrogen) atoms. The molecule has 1 saturated heterocycles. The van der Waals surface area contributed by atoms with Crippen LogP contribution in [0, 0.1) is 0 Å². The van der Waals surface area contributed by atoms with Crippen LogP contribution in [-0.4, -0.2) is 30.2 Å². The van der Waals surface area contributed by atoms with E-state index in [4.69, 9.17) is 4.74 Å². The Kier molecular flexibility index (Phi) is 5.03. The fraction of sp³-hybridized carbons (Fsp3) is 0.778. The molecule has 0 aromatic carbocycles. The number of nitrogens with one attached hydrogen (secondary N) is 2. The highest BCUT2D eigenvalue weighted by Gasteiger charge is 2.27. The smallest absolute Gasteiger partial charge is 0.414 e. The summed E-state index contributed by atoms with van der Waals surface area (Å²) in [5, 5.41) is 5.07. The van der Waals surface area contributed by atoms with E-state index in [0.29, 0.717) is 0 Å². The molecule has 2 amide bonds. The quantitative estimate of drug-likeness (QED) is 0.708. The molecule has 0 aliphatic carbocycles. The lowest BCUT2D eigenvalue weighted by molar-refractivity contribution is -0.124. The van der Waals surface area contributed by atoms with E-state index in [0.717, 1.165) is 13.0 Å². The van der Waals surface area contributed by atoms with Crippen molar-refractivity contribution < 1.29 is 14.3 Å². The Morgan fingerprint density at radius 1 is 1.40 bits per heavy atom. The van der Waals surface area contributed by atoms with E-state index in [1.54, 1.807) is 20.8 Å². The van der Waals surface area contributed by atoms with Crippen LogP contribution in [-0.2, 0) is 9.53 Å². The second-order valence-corrected chi connectivity index (χ2v) is 4.29. The van der Waals surface area contributed by atoms with Crippen LogP contribution in [0.1, 0.15) is 27.2 Å². The summed E-state index contributed by atoms with van der Waals surface area (Å²) < 4.78 is 4.93. The first kappa shape index (κ1) is 14.2. The highest BCUT2D eigenvalue weighted by molar-refractivity contribution is 5.95. The van der Waals surface area contributed by atoms with E-state index in [-0.39, 0.29) is 24.4 Å². The number of ether oxygens (including phenoxy) is 1. The Bertz CT molecular complexity index is 246. The van der Waals surface area contributed by atoms with Gasteiger partial charge in [0.2, 0.25) is 5.91 Å². The normalized spacial score (nSPS) is 19.5. The number of imide groups is 1. The Balaban J connectivity index is 0.00000196. The molecule has 0 aromatic heterocycles. The lowest BCUT2D eigenvalue weighted by Gasteiger charge is -2.26. The minimum absolute atomic E-state index is 0. The van der Waals surface area contributed by atoms with Crippen LogP contribution in [0.2, 0.25) is 0 Å². The molecular formula is C9H17ClN2O3. The lowest BCUT2D eigenvalue weighted by atomic mass is 10.1. The predicted molar refractivity (Wildman–Crippen MR) is 58.0 cm³/mol. The van der Waals surface area contributed by atoms with Gasteiger partial charge in [-0.3, -0.25) is 10.1 Å². The Morgan fingerprint density at radius 2 is 1.93 bits per heavy atom. The van der Waals surface area contributed by atoms with E-state index >= 15 is 0 Å². The molecule has 0 radical (unpaired) electrons. The highest BCUT2D eigenvalue weighted by atomic mass is 35.5. The largest absolute Gasteiger partial charge is 0.444 e. The zero-order valence-electron chi connectivity index (χ0n) is 9.12. The van der Waals surface area contributed by atoms with Crippen LogP contribution in [0.15, 0.2) is 0 Å². The maximum atomic E-state index is 11.2. The monoisotopic (exact) mass is 236 g/mol. The molecule has 0 aromatic rings. The van der Waals surface area contributed by atoms with Crippen molar-refractivity contribution >= 4 is 24.4 Å². The molecule has 1 rings (SSSR count). The topological polar surface area (TPSA) is 67.4 Å². The van der Waals surface area contributed by atoms with Crippen LogP contribution in [0.25, 0.3) is 0 Å². The number of alkyl carbamates (subject to hydrolysis) is 1. The molecule has 6 heteroatoms. The average molecular weight is 237 g/mol. The second kappa shape index (κ2) is 5.32. The third-order valence-corrected chi connectivity index (χ3v) is 1.76. The first-order chi connectivity index (χ1) is 6.38. The predicted octanol–water partition coefficient (Wildman–Crippen LogP) is 0.821. The van der Waals surface area contributed by atoms with Crippen molar-refractivity contribution in [1.82, 2.24) is 10.6 Å². The van der Waals surface area contributed by atoms with Gasteiger partial charge in [-0.25, -0.2) is 4.79 Å². The van der Waals surface area contributed by atoms with Gasteiger partial charge < -0.3 is 10.1 Å². The van der Waals surface area contributed by atoms with Gasteiger partial charge in [0.15, 0.2) is 0 Å². The van der Waals surface area contributed by atoms with Crippen LogP contribution in [0.5, 0.6) is 0 Å². The fourth-order valence-corrected chi connectivity index (χ4v) is 1.00. The molecule has 0 saturated carbocycles. The molecule has 1 aliphatic rings. The van der Waals surface area contributed by atoms with Crippen molar-refractivity contribution in [2.45, 2.75) is 38.8 Å². The van der Waals surface area contributed by atoms with Gasteiger partial charge in [-0.1, -0.05) is 0 Å². The fourth-order valence-electron chi connectivity index (χ4n) is 1.00. The maximum Gasteiger partial charge on any atom is 0.414 e. The molecule has 5 nitrogen and oxygen atoms in total. The van der Waals surface area contributed by atoms with Gasteiger partial charge in [-0.2, -0.15) is 0 Å². The van der Waals surface area contributed by atoms with E-state index in [1.165, 1.54) is 0 Å². The minimum Gasteiger partial charge on any atom is -0.444 e. The molecule has 2 N–H and O–H groups in total. The number of hydrogen-bond acceptors (Lipinski definition) is 4. The zero-order valence-corrected chi connectivity index (χ0v) is 9.94. The molecule has 88 valence electrons. The van der Waals surface area contributed by atoms with Crippen LogP contribution in [0.4, 0.5) is 4.79 Å². The molecule has 1 fully saturated rings. The van der Waals surface area contributed by atoms with Gasteiger partial charge in [0.1, 0.15) is 5.60 Å². The molecule has 0 unspecified atom stereocenters. The summed E-state index contributed by atoms with van der Waals surface area (Å²) in [7, 11) is 0. The highest BCUT2D eigenvalue weighted by Crippen LogP contribution is 2.07. The van der Waals surface area contributed by atoms with Crippen LogP contribution in [0.3, 0.4) is 0 Å². The second-order valence-electron chi connectivity index (χ2n) is 4.29. The Hall–Kier alpha value is -0.810. The van der Waals surface area contributed by atoms with Crippen LogP contribution >= 0.6 is 12.4 Å². The number of hydrogen-bond donors (Lipinski definition) is 2. The summed E-state index contributed by atoms with van der Waals surface area (Å²) in [6, 6.07) is -0.234. The third kappa shape index (κ3) is 4.99. The third-order valence-electron chi connectivity index (χ3n) is 1.76.